The third kappa shape index (κ3) is 4.66. The quantitative estimate of drug-likeness (QED) is 0.769. The number of nitrogens with zero attached hydrogens (tertiary/aromatic N) is 2. The van der Waals surface area contributed by atoms with Crippen LogP contribution >= 0.6 is 11.3 Å². The Morgan fingerprint density at radius 2 is 1.96 bits per heavy atom. The van der Waals surface area contributed by atoms with E-state index in [1.54, 1.807) is 0 Å². The highest BCUT2D eigenvalue weighted by Crippen LogP contribution is 2.45. The van der Waals surface area contributed by atoms with Gasteiger partial charge in [0.15, 0.2) is 0 Å². The van der Waals surface area contributed by atoms with Crippen LogP contribution in [0.1, 0.15) is 35.9 Å². The second kappa shape index (κ2) is 8.83. The topological polar surface area (TPSA) is 53.0 Å². The normalized spacial score (nSPS) is 24.0. The summed E-state index contributed by atoms with van der Waals surface area (Å²) in [5.74, 6) is 0.109. The van der Waals surface area contributed by atoms with E-state index < -0.39 is 0 Å². The van der Waals surface area contributed by atoms with E-state index in [4.69, 9.17) is 4.74 Å². The molecule has 6 heteroatoms. The largest absolute Gasteiger partial charge is 0.465 e. The molecule has 2 aliphatic heterocycles. The van der Waals surface area contributed by atoms with Gasteiger partial charge in [0.05, 0.1) is 13.2 Å². The van der Waals surface area contributed by atoms with Crippen molar-refractivity contribution in [3.63, 3.8) is 0 Å². The number of ether oxygens (including phenoxy) is 1. The molecule has 1 N–H and O–H groups in total. The highest BCUT2D eigenvalue weighted by molar-refractivity contribution is 7.11. The van der Waals surface area contributed by atoms with Gasteiger partial charge in [-0.05, 0) is 70.3 Å². The molecule has 1 aromatic rings. The van der Waals surface area contributed by atoms with E-state index in [0.717, 1.165) is 52.0 Å². The Hall–Kier alpha value is -0.950. The molecule has 1 aromatic heterocycles. The zero-order chi connectivity index (χ0) is 18.6. The Kier molecular flexibility index (Phi) is 6.72. The molecule has 0 unspecified atom stereocenters. The number of rotatable bonds is 6. The van der Waals surface area contributed by atoms with Crippen LogP contribution in [-0.4, -0.2) is 66.8 Å². The van der Waals surface area contributed by atoms with Crippen molar-refractivity contribution in [3.8, 4) is 0 Å². The number of aliphatic hydroxyl groups is 1. The number of aryl methyl sites for hydroxylation is 1. The molecule has 3 rings (SSSR count). The Balaban J connectivity index is 1.53. The van der Waals surface area contributed by atoms with Crippen LogP contribution in [-0.2, 0) is 16.1 Å². The highest BCUT2D eigenvalue weighted by Gasteiger charge is 2.44. The van der Waals surface area contributed by atoms with E-state index in [0.29, 0.717) is 13.2 Å². The maximum Gasteiger partial charge on any atom is 0.320 e. The predicted molar refractivity (Wildman–Crippen MR) is 104 cm³/mol. The standard InChI is InChI=1S/C20H32N2O3S/c1-3-25-19(24)14-22-11-8-20(17(12-22)15-23)6-9-21(10-7-20)13-18-5-4-16(2)26-18/h4-5,17,23H,3,6-15H2,1-2H3/t17-/m0/s1. The Bertz CT molecular complexity index is 596. The fraction of sp³-hybridized carbons (Fsp3) is 0.750. The lowest BCUT2D eigenvalue weighted by atomic mass is 9.64. The lowest BCUT2D eigenvalue weighted by Gasteiger charge is -2.51. The maximum atomic E-state index is 11.8. The molecule has 0 radical (unpaired) electrons. The smallest absolute Gasteiger partial charge is 0.320 e. The van der Waals surface area contributed by atoms with Crippen molar-refractivity contribution in [2.24, 2.45) is 11.3 Å². The van der Waals surface area contributed by atoms with Gasteiger partial charge in [-0.3, -0.25) is 14.6 Å². The average molecular weight is 381 g/mol. The second-order valence-corrected chi connectivity index (χ2v) is 9.19. The van der Waals surface area contributed by atoms with Gasteiger partial charge < -0.3 is 9.84 Å². The van der Waals surface area contributed by atoms with Crippen molar-refractivity contribution < 1.29 is 14.6 Å². The number of aliphatic hydroxyl groups excluding tert-OH is 1. The first-order chi connectivity index (χ1) is 12.5. The van der Waals surface area contributed by atoms with Crippen LogP contribution in [0.5, 0.6) is 0 Å². The van der Waals surface area contributed by atoms with E-state index >= 15 is 0 Å². The van der Waals surface area contributed by atoms with Crippen LogP contribution < -0.4 is 0 Å². The summed E-state index contributed by atoms with van der Waals surface area (Å²) in [5, 5.41) is 10.0. The monoisotopic (exact) mass is 380 g/mol. The SMILES string of the molecule is CCOC(=O)CN1CCC2(CCN(Cc3ccc(C)s3)CC2)[C@H](CO)C1. The van der Waals surface area contributed by atoms with Crippen LogP contribution in [0.2, 0.25) is 0 Å². The van der Waals surface area contributed by atoms with E-state index in [1.807, 2.05) is 18.3 Å². The van der Waals surface area contributed by atoms with E-state index in [-0.39, 0.29) is 23.9 Å². The summed E-state index contributed by atoms with van der Waals surface area (Å²) in [5.41, 5.74) is 0.238. The minimum Gasteiger partial charge on any atom is -0.465 e. The third-order valence-corrected chi connectivity index (χ3v) is 7.16. The first-order valence-electron chi connectivity index (χ1n) is 9.81. The molecule has 5 nitrogen and oxygen atoms in total. The molecule has 0 bridgehead atoms. The number of esters is 1. The Morgan fingerprint density at radius 3 is 2.54 bits per heavy atom. The van der Waals surface area contributed by atoms with Crippen LogP contribution in [0.3, 0.4) is 0 Å². The molecule has 2 aliphatic rings. The van der Waals surface area contributed by atoms with Gasteiger partial charge in [-0.1, -0.05) is 0 Å². The zero-order valence-corrected chi connectivity index (χ0v) is 16.9. The summed E-state index contributed by atoms with van der Waals surface area (Å²) >= 11 is 1.89. The maximum absolute atomic E-state index is 11.8. The van der Waals surface area contributed by atoms with Gasteiger partial charge in [-0.2, -0.15) is 0 Å². The minimum absolute atomic E-state index is 0.152. The fourth-order valence-corrected chi connectivity index (χ4v) is 5.50. The number of carbonyl (C=O) groups excluding carboxylic acids is 1. The van der Waals surface area contributed by atoms with Crippen molar-refractivity contribution >= 4 is 17.3 Å². The molecule has 0 saturated carbocycles. The van der Waals surface area contributed by atoms with Gasteiger partial charge in [-0.15, -0.1) is 11.3 Å². The molecule has 0 aromatic carbocycles. The van der Waals surface area contributed by atoms with Gasteiger partial charge in [0.25, 0.3) is 0 Å². The molecule has 0 aliphatic carbocycles. The Morgan fingerprint density at radius 1 is 1.27 bits per heavy atom. The summed E-state index contributed by atoms with van der Waals surface area (Å²) < 4.78 is 5.07. The zero-order valence-electron chi connectivity index (χ0n) is 16.1. The molecule has 2 saturated heterocycles. The summed E-state index contributed by atoms with van der Waals surface area (Å²) in [7, 11) is 0. The molecule has 146 valence electrons. The summed E-state index contributed by atoms with van der Waals surface area (Å²) in [6.07, 6.45) is 3.37. The first-order valence-corrected chi connectivity index (χ1v) is 10.6. The van der Waals surface area contributed by atoms with Gasteiger partial charge in [-0.25, -0.2) is 0 Å². The van der Waals surface area contributed by atoms with Crippen LogP contribution in [0, 0.1) is 18.3 Å². The predicted octanol–water partition coefficient (Wildman–Crippen LogP) is 2.52. The first kappa shape index (κ1) is 19.8. The van der Waals surface area contributed by atoms with Crippen molar-refractivity contribution in [1.29, 1.82) is 0 Å². The summed E-state index contributed by atoms with van der Waals surface area (Å²) in [6.45, 7) is 9.98. The minimum atomic E-state index is -0.152. The molecule has 3 heterocycles. The van der Waals surface area contributed by atoms with Gasteiger partial charge >= 0.3 is 5.97 Å². The molecule has 2 fully saturated rings. The fourth-order valence-electron chi connectivity index (χ4n) is 4.57. The van der Waals surface area contributed by atoms with Crippen molar-refractivity contribution in [1.82, 2.24) is 9.80 Å². The van der Waals surface area contributed by atoms with Crippen LogP contribution in [0.4, 0.5) is 0 Å². The summed E-state index contributed by atoms with van der Waals surface area (Å²) in [4.78, 5) is 19.3. The summed E-state index contributed by atoms with van der Waals surface area (Å²) in [6, 6.07) is 4.45. The number of carbonyl (C=O) groups is 1. The van der Waals surface area contributed by atoms with Crippen LogP contribution in [0.15, 0.2) is 12.1 Å². The lowest BCUT2D eigenvalue weighted by Crippen LogP contribution is -2.54. The Labute approximate surface area is 160 Å². The molecule has 1 atom stereocenters. The van der Waals surface area contributed by atoms with E-state index in [9.17, 15) is 9.90 Å². The van der Waals surface area contributed by atoms with Crippen molar-refractivity contribution in [2.45, 2.75) is 39.7 Å². The molecular weight excluding hydrogens is 348 g/mol. The second-order valence-electron chi connectivity index (χ2n) is 7.82. The number of thiophene rings is 1. The molecule has 26 heavy (non-hydrogen) atoms. The number of hydrogen-bond donors (Lipinski definition) is 1. The number of hydrogen-bond acceptors (Lipinski definition) is 6. The third-order valence-electron chi connectivity index (χ3n) is 6.18. The number of likely N-dealkylation sites (tertiary alicyclic amines) is 2. The van der Waals surface area contributed by atoms with Crippen LogP contribution in [0.25, 0.3) is 0 Å². The molecular formula is C20H32N2O3S. The lowest BCUT2D eigenvalue weighted by molar-refractivity contribution is -0.146. The van der Waals surface area contributed by atoms with Gasteiger partial charge in [0, 0.05) is 35.4 Å². The van der Waals surface area contributed by atoms with Crippen molar-refractivity contribution in [3.05, 3.63) is 21.9 Å². The highest BCUT2D eigenvalue weighted by atomic mass is 32.1. The van der Waals surface area contributed by atoms with E-state index in [1.165, 1.54) is 9.75 Å². The molecule has 1 spiro atoms. The average Bonchev–Trinajstić information content (AvgIpc) is 3.04. The molecule has 0 amide bonds. The van der Waals surface area contributed by atoms with Gasteiger partial charge in [0.2, 0.25) is 0 Å². The van der Waals surface area contributed by atoms with Crippen molar-refractivity contribution in [2.75, 3.05) is 45.9 Å². The number of piperidine rings is 2. The van der Waals surface area contributed by atoms with Gasteiger partial charge in [0.1, 0.15) is 0 Å². The van der Waals surface area contributed by atoms with E-state index in [2.05, 4.69) is 28.9 Å².